The van der Waals surface area contributed by atoms with E-state index in [1.807, 2.05) is 41.5 Å². The van der Waals surface area contributed by atoms with Crippen LogP contribution in [0.2, 0.25) is 0 Å². The van der Waals surface area contributed by atoms with Crippen LogP contribution in [0.25, 0.3) is 0 Å². The fourth-order valence-electron chi connectivity index (χ4n) is 7.22. The van der Waals surface area contributed by atoms with E-state index in [1.54, 1.807) is 31.5 Å². The Morgan fingerprint density at radius 3 is 2.21 bits per heavy atom. The van der Waals surface area contributed by atoms with E-state index in [9.17, 15) is 23.5 Å². The molecule has 0 saturated heterocycles. The van der Waals surface area contributed by atoms with Gasteiger partial charge in [-0.05, 0) is 119 Å². The molecule has 2 aromatic rings. The molecule has 0 unspecified atom stereocenters. The van der Waals surface area contributed by atoms with E-state index < -0.39 is 47.2 Å². The van der Waals surface area contributed by atoms with Gasteiger partial charge in [0.2, 0.25) is 5.88 Å². The highest BCUT2D eigenvalue weighted by Gasteiger charge is 2.68. The first kappa shape index (κ1) is 35.8. The molecule has 0 spiro atoms. The highest BCUT2D eigenvalue weighted by atomic mass is 19.3. The summed E-state index contributed by atoms with van der Waals surface area (Å²) in [5, 5.41) is 18.1. The SMILES string of the molecule is CC(C)(C)OC(=O)NC12CC(CCOc3cc(N(C(=O)OC(C)(C)C)c4cc([C@H]5CC[C@@H](O)C5)nn4C(C)(C)C)cc(C(F)F)n3)(C1)C2. The molecule has 2 amide bonds. The third-order valence-corrected chi connectivity index (χ3v) is 9.05. The van der Waals surface area contributed by atoms with E-state index in [1.165, 1.54) is 17.0 Å². The summed E-state index contributed by atoms with van der Waals surface area (Å²) in [6.45, 7) is 16.7. The van der Waals surface area contributed by atoms with Crippen molar-refractivity contribution in [2.75, 3.05) is 11.5 Å². The summed E-state index contributed by atoms with van der Waals surface area (Å²) in [5.74, 6) is 0.305. The number of hydrogen-bond acceptors (Lipinski definition) is 8. The van der Waals surface area contributed by atoms with Crippen molar-refractivity contribution in [3.8, 4) is 5.88 Å². The molecule has 2 heterocycles. The maximum atomic E-state index is 14.3. The summed E-state index contributed by atoms with van der Waals surface area (Å²) in [5.41, 5.74) is -2.03. The molecule has 266 valence electrons. The number of hydrogen-bond donors (Lipinski definition) is 2. The van der Waals surface area contributed by atoms with Crippen LogP contribution in [0.4, 0.5) is 29.9 Å². The summed E-state index contributed by atoms with van der Waals surface area (Å²) in [6.07, 6.45) is 0.450. The fraction of sp³-hybridized carbons (Fsp3) is 0.714. The summed E-state index contributed by atoms with van der Waals surface area (Å²) >= 11 is 0. The molecule has 48 heavy (non-hydrogen) atoms. The summed E-state index contributed by atoms with van der Waals surface area (Å²) in [6, 6.07) is 4.43. The molecular formula is C35H51F2N5O6. The lowest BCUT2D eigenvalue weighted by Crippen LogP contribution is -2.75. The van der Waals surface area contributed by atoms with Gasteiger partial charge < -0.3 is 24.6 Å². The van der Waals surface area contributed by atoms with E-state index in [0.29, 0.717) is 30.8 Å². The number of carbonyl (C=O) groups is 2. The van der Waals surface area contributed by atoms with Crippen LogP contribution < -0.4 is 15.0 Å². The minimum atomic E-state index is -2.92. The molecule has 2 N–H and O–H groups in total. The summed E-state index contributed by atoms with van der Waals surface area (Å²) in [4.78, 5) is 31.5. The monoisotopic (exact) mass is 675 g/mol. The Kier molecular flexibility index (Phi) is 9.28. The maximum absolute atomic E-state index is 14.3. The molecule has 6 rings (SSSR count). The number of rotatable bonds is 9. The Morgan fingerprint density at radius 1 is 1.02 bits per heavy atom. The molecule has 4 aliphatic carbocycles. The lowest BCUT2D eigenvalue weighted by molar-refractivity contribution is -0.160. The molecule has 11 nitrogen and oxygen atoms in total. The number of ether oxygens (including phenoxy) is 3. The first-order chi connectivity index (χ1) is 22.1. The zero-order valence-corrected chi connectivity index (χ0v) is 29.7. The van der Waals surface area contributed by atoms with Crippen LogP contribution in [0.5, 0.6) is 5.88 Å². The largest absolute Gasteiger partial charge is 0.478 e. The topological polar surface area (TPSA) is 128 Å². The van der Waals surface area contributed by atoms with Crippen LogP contribution in [0.3, 0.4) is 0 Å². The molecule has 4 fully saturated rings. The third kappa shape index (κ3) is 8.03. The van der Waals surface area contributed by atoms with Crippen LogP contribution in [-0.2, 0) is 15.0 Å². The van der Waals surface area contributed by atoms with Gasteiger partial charge in [0, 0.05) is 23.6 Å². The van der Waals surface area contributed by atoms with E-state index in [2.05, 4.69) is 10.3 Å². The third-order valence-electron chi connectivity index (χ3n) is 9.05. The standard InChI is InChI=1S/C35H51F2N5O6/c1-31(2,3)42-27(17-24(40-42)21-10-11-23(43)14-21)41(30(45)48-33(7,8)9)22-15-25(28(36)37)38-26(16-22)46-13-12-34-18-35(19-34,20-34)39-29(44)47-32(4,5)6/h15-17,21,23,28,43H,10-14,18-20H2,1-9H3,(H,39,44)/t21-,23+,34?,35?/m0/s1. The first-order valence-electron chi connectivity index (χ1n) is 16.8. The molecule has 4 aliphatic rings. The number of aromatic nitrogens is 3. The maximum Gasteiger partial charge on any atom is 0.420 e. The second-order valence-corrected chi connectivity index (χ2v) is 16.9. The van der Waals surface area contributed by atoms with Crippen molar-refractivity contribution in [1.29, 1.82) is 0 Å². The molecule has 13 heteroatoms. The van der Waals surface area contributed by atoms with Crippen molar-refractivity contribution in [1.82, 2.24) is 20.1 Å². The van der Waals surface area contributed by atoms with Crippen LogP contribution in [0.15, 0.2) is 18.2 Å². The van der Waals surface area contributed by atoms with Crippen LogP contribution in [0.1, 0.15) is 131 Å². The van der Waals surface area contributed by atoms with Gasteiger partial charge in [-0.3, -0.25) is 0 Å². The number of amides is 2. The number of nitrogens with zero attached hydrogens (tertiary/aromatic N) is 4. The minimum Gasteiger partial charge on any atom is -0.478 e. The second-order valence-electron chi connectivity index (χ2n) is 16.9. The van der Waals surface area contributed by atoms with Gasteiger partial charge in [-0.15, -0.1) is 0 Å². The second kappa shape index (κ2) is 12.4. The number of alkyl carbamates (subject to hydrolysis) is 1. The van der Waals surface area contributed by atoms with Crippen LogP contribution in [-0.4, -0.2) is 61.5 Å². The van der Waals surface area contributed by atoms with E-state index in [-0.39, 0.29) is 35.0 Å². The molecule has 2 atom stereocenters. The molecule has 0 aromatic carbocycles. The summed E-state index contributed by atoms with van der Waals surface area (Å²) in [7, 11) is 0. The number of pyridine rings is 1. The molecule has 4 saturated carbocycles. The van der Waals surface area contributed by atoms with Crippen molar-refractivity contribution in [2.24, 2.45) is 5.41 Å². The zero-order chi connectivity index (χ0) is 35.4. The molecule has 0 aliphatic heterocycles. The van der Waals surface area contributed by atoms with E-state index in [0.717, 1.165) is 25.7 Å². The molecule has 2 bridgehead atoms. The smallest absolute Gasteiger partial charge is 0.420 e. The molecule has 0 radical (unpaired) electrons. The van der Waals surface area contributed by atoms with Crippen molar-refractivity contribution in [3.63, 3.8) is 0 Å². The van der Waals surface area contributed by atoms with Crippen LogP contribution in [0, 0.1) is 5.41 Å². The fourth-order valence-corrected chi connectivity index (χ4v) is 7.22. The lowest BCUT2D eigenvalue weighted by atomic mass is 9.38. The predicted octanol–water partition coefficient (Wildman–Crippen LogP) is 7.89. The Hall–Kier alpha value is -3.48. The number of aliphatic hydroxyl groups is 1. The summed E-state index contributed by atoms with van der Waals surface area (Å²) < 4.78 is 47.4. The highest BCUT2D eigenvalue weighted by molar-refractivity contribution is 5.95. The Morgan fingerprint density at radius 2 is 1.67 bits per heavy atom. The molecular weight excluding hydrogens is 624 g/mol. The molecule has 2 aromatic heterocycles. The predicted molar refractivity (Wildman–Crippen MR) is 176 cm³/mol. The number of carbonyl (C=O) groups excluding carboxylic acids is 2. The van der Waals surface area contributed by atoms with Crippen LogP contribution >= 0.6 is 0 Å². The minimum absolute atomic E-state index is 0.00411. The van der Waals surface area contributed by atoms with Crippen molar-refractivity contribution in [2.45, 2.75) is 148 Å². The van der Waals surface area contributed by atoms with Gasteiger partial charge in [0.05, 0.1) is 29.6 Å². The first-order valence-corrected chi connectivity index (χ1v) is 16.8. The Labute approximate surface area is 281 Å². The number of anilines is 2. The quantitative estimate of drug-likeness (QED) is 0.275. The number of alkyl halides is 2. The average molecular weight is 676 g/mol. The number of aliphatic hydroxyl groups excluding tert-OH is 1. The van der Waals surface area contributed by atoms with Gasteiger partial charge in [-0.1, -0.05) is 0 Å². The normalized spacial score (nSPS) is 25.3. The highest BCUT2D eigenvalue weighted by Crippen LogP contribution is 2.69. The van der Waals surface area contributed by atoms with E-state index in [4.69, 9.17) is 19.3 Å². The zero-order valence-electron chi connectivity index (χ0n) is 29.7. The van der Waals surface area contributed by atoms with E-state index >= 15 is 0 Å². The van der Waals surface area contributed by atoms with Gasteiger partial charge in [-0.2, -0.15) is 5.10 Å². The average Bonchev–Trinajstić information content (AvgIpc) is 3.51. The lowest BCUT2D eigenvalue weighted by Gasteiger charge is -2.70. The Balaban J connectivity index is 1.39. The number of nitrogens with one attached hydrogen (secondary N) is 1. The van der Waals surface area contributed by atoms with Crippen molar-refractivity contribution < 1.29 is 37.7 Å². The van der Waals surface area contributed by atoms with Gasteiger partial charge in [0.15, 0.2) is 0 Å². The van der Waals surface area contributed by atoms with Crippen molar-refractivity contribution >= 4 is 23.7 Å². The van der Waals surface area contributed by atoms with Gasteiger partial charge >= 0.3 is 12.2 Å². The van der Waals surface area contributed by atoms with Gasteiger partial charge in [0.1, 0.15) is 22.7 Å². The van der Waals surface area contributed by atoms with Gasteiger partial charge in [-0.25, -0.2) is 32.9 Å². The number of halogens is 2. The van der Waals surface area contributed by atoms with Crippen molar-refractivity contribution in [3.05, 3.63) is 29.6 Å². The Bertz CT molecular complexity index is 1500. The van der Waals surface area contributed by atoms with Gasteiger partial charge in [0.25, 0.3) is 6.43 Å².